The Hall–Kier alpha value is -2.07. The number of aromatic amines is 1. The lowest BCUT2D eigenvalue weighted by Gasteiger charge is -2.01. The SMILES string of the molecule is CCOC(=O)c1[nH]c2cc(-c3ccccc3)ccc2c1Br. The average Bonchev–Trinajstić information content (AvgIpc) is 2.85. The van der Waals surface area contributed by atoms with Crippen LogP contribution in [-0.4, -0.2) is 17.6 Å². The van der Waals surface area contributed by atoms with Gasteiger partial charge in [0.25, 0.3) is 0 Å². The molecule has 0 aliphatic rings. The third-order valence-electron chi connectivity index (χ3n) is 3.32. The fourth-order valence-corrected chi connectivity index (χ4v) is 2.92. The van der Waals surface area contributed by atoms with Gasteiger partial charge >= 0.3 is 5.97 Å². The molecule has 21 heavy (non-hydrogen) atoms. The Morgan fingerprint density at radius 3 is 2.62 bits per heavy atom. The number of esters is 1. The van der Waals surface area contributed by atoms with Crippen molar-refractivity contribution >= 4 is 32.8 Å². The highest BCUT2D eigenvalue weighted by molar-refractivity contribution is 9.10. The van der Waals surface area contributed by atoms with Crippen molar-refractivity contribution in [2.24, 2.45) is 0 Å². The van der Waals surface area contributed by atoms with E-state index in [2.05, 4.69) is 33.0 Å². The zero-order valence-electron chi connectivity index (χ0n) is 11.5. The fourth-order valence-electron chi connectivity index (χ4n) is 2.32. The monoisotopic (exact) mass is 343 g/mol. The van der Waals surface area contributed by atoms with Crippen molar-refractivity contribution in [1.29, 1.82) is 0 Å². The highest BCUT2D eigenvalue weighted by atomic mass is 79.9. The summed E-state index contributed by atoms with van der Waals surface area (Å²) in [5.41, 5.74) is 3.61. The van der Waals surface area contributed by atoms with Crippen LogP contribution in [0.2, 0.25) is 0 Å². The fraction of sp³-hybridized carbons (Fsp3) is 0.118. The molecule has 0 amide bonds. The summed E-state index contributed by atoms with van der Waals surface area (Å²) in [6.07, 6.45) is 0. The van der Waals surface area contributed by atoms with Crippen LogP contribution in [0.1, 0.15) is 17.4 Å². The zero-order chi connectivity index (χ0) is 14.8. The van der Waals surface area contributed by atoms with E-state index in [0.717, 1.165) is 26.5 Å². The molecule has 1 heterocycles. The molecule has 0 aliphatic heterocycles. The van der Waals surface area contributed by atoms with Crippen molar-refractivity contribution in [3.8, 4) is 11.1 Å². The smallest absolute Gasteiger partial charge is 0.355 e. The van der Waals surface area contributed by atoms with Gasteiger partial charge < -0.3 is 9.72 Å². The molecular formula is C17H14BrNO2. The number of halogens is 1. The van der Waals surface area contributed by atoms with Crippen molar-refractivity contribution in [3.05, 3.63) is 58.7 Å². The standard InChI is InChI=1S/C17H14BrNO2/c1-2-21-17(20)16-15(18)13-9-8-12(10-14(13)19-16)11-6-4-3-5-7-11/h3-10,19H,2H2,1H3. The van der Waals surface area contributed by atoms with Crippen LogP contribution >= 0.6 is 15.9 Å². The molecule has 0 unspecified atom stereocenters. The lowest BCUT2D eigenvalue weighted by atomic mass is 10.0. The first kappa shape index (κ1) is 13.9. The highest BCUT2D eigenvalue weighted by Gasteiger charge is 2.17. The van der Waals surface area contributed by atoms with Gasteiger partial charge in [0.05, 0.1) is 11.1 Å². The normalized spacial score (nSPS) is 10.8. The molecule has 0 atom stereocenters. The van der Waals surface area contributed by atoms with E-state index in [4.69, 9.17) is 4.74 Å². The number of nitrogens with one attached hydrogen (secondary N) is 1. The van der Waals surface area contributed by atoms with Gasteiger partial charge in [-0.05, 0) is 40.0 Å². The minimum Gasteiger partial charge on any atom is -0.461 e. The third-order valence-corrected chi connectivity index (χ3v) is 4.15. The van der Waals surface area contributed by atoms with Gasteiger partial charge in [0.1, 0.15) is 5.69 Å². The van der Waals surface area contributed by atoms with E-state index in [1.54, 1.807) is 6.92 Å². The summed E-state index contributed by atoms with van der Waals surface area (Å²) in [5, 5.41) is 0.970. The molecule has 3 rings (SSSR count). The largest absolute Gasteiger partial charge is 0.461 e. The van der Waals surface area contributed by atoms with E-state index in [0.29, 0.717) is 12.3 Å². The molecule has 2 aromatic carbocycles. The van der Waals surface area contributed by atoms with Crippen LogP contribution in [0.15, 0.2) is 53.0 Å². The number of aromatic nitrogens is 1. The van der Waals surface area contributed by atoms with Crippen LogP contribution in [0.4, 0.5) is 0 Å². The summed E-state index contributed by atoms with van der Waals surface area (Å²) in [4.78, 5) is 15.0. The van der Waals surface area contributed by atoms with Gasteiger partial charge in [-0.3, -0.25) is 0 Å². The van der Waals surface area contributed by atoms with Crippen molar-refractivity contribution in [2.45, 2.75) is 6.92 Å². The molecule has 0 spiro atoms. The van der Waals surface area contributed by atoms with Gasteiger partial charge in [0.15, 0.2) is 0 Å². The van der Waals surface area contributed by atoms with E-state index in [1.807, 2.05) is 36.4 Å². The summed E-state index contributed by atoms with van der Waals surface area (Å²) in [7, 11) is 0. The predicted molar refractivity (Wildman–Crippen MR) is 87.4 cm³/mol. The van der Waals surface area contributed by atoms with Crippen molar-refractivity contribution in [1.82, 2.24) is 4.98 Å². The van der Waals surface area contributed by atoms with Crippen molar-refractivity contribution in [3.63, 3.8) is 0 Å². The molecule has 0 saturated heterocycles. The van der Waals surface area contributed by atoms with E-state index in [9.17, 15) is 4.79 Å². The molecular weight excluding hydrogens is 330 g/mol. The summed E-state index contributed by atoms with van der Waals surface area (Å²) in [6.45, 7) is 2.15. The third kappa shape index (κ3) is 2.59. The second-order valence-electron chi connectivity index (χ2n) is 4.66. The molecule has 0 bridgehead atoms. The molecule has 3 nitrogen and oxygen atoms in total. The average molecular weight is 344 g/mol. The lowest BCUT2D eigenvalue weighted by molar-refractivity contribution is 0.0519. The summed E-state index contributed by atoms with van der Waals surface area (Å²) in [6, 6.07) is 16.2. The Balaban J connectivity index is 2.09. The van der Waals surface area contributed by atoms with Gasteiger partial charge in [0, 0.05) is 10.9 Å². The Morgan fingerprint density at radius 2 is 1.90 bits per heavy atom. The first-order valence-electron chi connectivity index (χ1n) is 6.74. The number of rotatable bonds is 3. The molecule has 0 fully saturated rings. The molecule has 1 aromatic heterocycles. The van der Waals surface area contributed by atoms with Crippen LogP contribution in [0.5, 0.6) is 0 Å². The second-order valence-corrected chi connectivity index (χ2v) is 5.45. The quantitative estimate of drug-likeness (QED) is 0.695. The van der Waals surface area contributed by atoms with Crippen LogP contribution in [0, 0.1) is 0 Å². The maximum atomic E-state index is 11.9. The Morgan fingerprint density at radius 1 is 1.14 bits per heavy atom. The van der Waals surface area contributed by atoms with E-state index in [1.165, 1.54) is 0 Å². The number of ether oxygens (including phenoxy) is 1. The maximum Gasteiger partial charge on any atom is 0.355 e. The number of H-pyrrole nitrogens is 1. The van der Waals surface area contributed by atoms with Crippen LogP contribution in [0.3, 0.4) is 0 Å². The molecule has 0 saturated carbocycles. The number of hydrogen-bond acceptors (Lipinski definition) is 2. The molecule has 4 heteroatoms. The van der Waals surface area contributed by atoms with Crippen LogP contribution in [-0.2, 0) is 4.74 Å². The minimum absolute atomic E-state index is 0.346. The van der Waals surface area contributed by atoms with Gasteiger partial charge in [-0.25, -0.2) is 4.79 Å². The summed E-state index contributed by atoms with van der Waals surface area (Å²) < 4.78 is 5.80. The van der Waals surface area contributed by atoms with Gasteiger partial charge in [0.2, 0.25) is 0 Å². The van der Waals surface area contributed by atoms with E-state index < -0.39 is 0 Å². The number of carbonyl (C=O) groups is 1. The van der Waals surface area contributed by atoms with E-state index >= 15 is 0 Å². The van der Waals surface area contributed by atoms with Crippen LogP contribution < -0.4 is 0 Å². The maximum absolute atomic E-state index is 11.9. The second kappa shape index (κ2) is 5.74. The lowest BCUT2D eigenvalue weighted by Crippen LogP contribution is -2.05. The van der Waals surface area contributed by atoms with Gasteiger partial charge in [-0.1, -0.05) is 42.5 Å². The molecule has 0 aliphatic carbocycles. The Kier molecular flexibility index (Phi) is 3.80. The number of hydrogen-bond donors (Lipinski definition) is 1. The highest BCUT2D eigenvalue weighted by Crippen LogP contribution is 2.31. The predicted octanol–water partition coefficient (Wildman–Crippen LogP) is 4.77. The topological polar surface area (TPSA) is 42.1 Å². The van der Waals surface area contributed by atoms with Crippen molar-refractivity contribution in [2.75, 3.05) is 6.61 Å². The Labute approximate surface area is 131 Å². The van der Waals surface area contributed by atoms with Crippen molar-refractivity contribution < 1.29 is 9.53 Å². The molecule has 1 N–H and O–H groups in total. The number of carbonyl (C=O) groups excluding carboxylic acids is 1. The van der Waals surface area contributed by atoms with E-state index in [-0.39, 0.29) is 5.97 Å². The molecule has 0 radical (unpaired) electrons. The summed E-state index contributed by atoms with van der Waals surface area (Å²) >= 11 is 3.47. The number of benzene rings is 2. The van der Waals surface area contributed by atoms with Crippen LogP contribution in [0.25, 0.3) is 22.0 Å². The van der Waals surface area contributed by atoms with Gasteiger partial charge in [-0.2, -0.15) is 0 Å². The zero-order valence-corrected chi connectivity index (χ0v) is 13.1. The van der Waals surface area contributed by atoms with Gasteiger partial charge in [-0.15, -0.1) is 0 Å². The molecule has 106 valence electrons. The summed E-state index contributed by atoms with van der Waals surface area (Å²) in [5.74, 6) is -0.346. The first-order valence-corrected chi connectivity index (χ1v) is 7.53. The number of fused-ring (bicyclic) bond motifs is 1. The minimum atomic E-state index is -0.346. The Bertz CT molecular complexity index is 793. The molecule has 3 aromatic rings. The first-order chi connectivity index (χ1) is 10.2.